The molecule has 1 aromatic heterocycles. The summed E-state index contributed by atoms with van der Waals surface area (Å²) in [4.78, 5) is 4.40. The minimum Gasteiger partial charge on any atom is -0.395 e. The molecule has 0 aliphatic carbocycles. The Morgan fingerprint density at radius 3 is 2.75 bits per heavy atom. The van der Waals surface area contributed by atoms with E-state index in [1.165, 1.54) is 0 Å². The molecule has 2 rings (SSSR count). The zero-order valence-electron chi connectivity index (χ0n) is 11.4. The van der Waals surface area contributed by atoms with Gasteiger partial charge in [-0.2, -0.15) is 0 Å². The molecule has 0 bridgehead atoms. The minimum absolute atomic E-state index is 0.186. The van der Waals surface area contributed by atoms with Gasteiger partial charge in [-0.05, 0) is 31.6 Å². The standard InChI is InChI=1S/C15H20ClN3O/c16-15-13(11-18-7-3-6-17-8-9-20)10-12-4-1-2-5-14(12)19-15/h1-2,4-5,10,17-18,20H,3,6-9,11H2. The van der Waals surface area contributed by atoms with Gasteiger partial charge in [-0.15, -0.1) is 0 Å². The topological polar surface area (TPSA) is 57.2 Å². The van der Waals surface area contributed by atoms with Crippen molar-refractivity contribution in [1.29, 1.82) is 0 Å². The van der Waals surface area contributed by atoms with E-state index in [1.807, 2.05) is 24.3 Å². The lowest BCUT2D eigenvalue weighted by molar-refractivity contribution is 0.292. The molecule has 0 saturated heterocycles. The first kappa shape index (κ1) is 15.2. The third kappa shape index (κ3) is 4.42. The molecule has 2 aromatic rings. The summed E-state index contributed by atoms with van der Waals surface area (Å²) in [6, 6.07) is 10.1. The summed E-state index contributed by atoms with van der Waals surface area (Å²) in [7, 11) is 0. The quantitative estimate of drug-likeness (QED) is 0.514. The van der Waals surface area contributed by atoms with Crippen LogP contribution < -0.4 is 10.6 Å². The Kier molecular flexibility index (Phi) is 6.21. The van der Waals surface area contributed by atoms with E-state index in [0.717, 1.165) is 42.5 Å². The van der Waals surface area contributed by atoms with Gasteiger partial charge in [-0.1, -0.05) is 29.8 Å². The molecule has 1 heterocycles. The van der Waals surface area contributed by atoms with Crippen LogP contribution >= 0.6 is 11.6 Å². The van der Waals surface area contributed by atoms with Crippen molar-refractivity contribution in [1.82, 2.24) is 15.6 Å². The molecule has 0 radical (unpaired) electrons. The van der Waals surface area contributed by atoms with Crippen LogP contribution in [-0.4, -0.2) is 36.3 Å². The van der Waals surface area contributed by atoms with E-state index < -0.39 is 0 Å². The Bertz CT molecular complexity index is 548. The van der Waals surface area contributed by atoms with Crippen LogP contribution in [0.3, 0.4) is 0 Å². The largest absolute Gasteiger partial charge is 0.395 e. The van der Waals surface area contributed by atoms with Gasteiger partial charge in [0.05, 0.1) is 12.1 Å². The highest BCUT2D eigenvalue weighted by atomic mass is 35.5. The fourth-order valence-corrected chi connectivity index (χ4v) is 2.24. The first-order valence-corrected chi connectivity index (χ1v) is 7.25. The van der Waals surface area contributed by atoms with E-state index in [4.69, 9.17) is 16.7 Å². The molecule has 0 spiro atoms. The molecular weight excluding hydrogens is 274 g/mol. The van der Waals surface area contributed by atoms with E-state index in [-0.39, 0.29) is 6.61 Å². The number of hydrogen-bond donors (Lipinski definition) is 3. The van der Waals surface area contributed by atoms with Crippen LogP contribution in [0.25, 0.3) is 10.9 Å². The number of hydrogen-bond acceptors (Lipinski definition) is 4. The maximum atomic E-state index is 8.63. The summed E-state index contributed by atoms with van der Waals surface area (Å²) in [5, 5.41) is 16.8. The second-order valence-corrected chi connectivity index (χ2v) is 4.99. The van der Waals surface area contributed by atoms with Crippen LogP contribution in [0.5, 0.6) is 0 Å². The van der Waals surface area contributed by atoms with Crippen molar-refractivity contribution in [3.8, 4) is 0 Å². The first-order chi connectivity index (χ1) is 9.81. The average molecular weight is 294 g/mol. The zero-order valence-corrected chi connectivity index (χ0v) is 12.2. The predicted octanol–water partition coefficient (Wildman–Crippen LogP) is 1.95. The smallest absolute Gasteiger partial charge is 0.134 e. The fourth-order valence-electron chi connectivity index (χ4n) is 2.03. The average Bonchev–Trinajstić information content (AvgIpc) is 2.46. The van der Waals surface area contributed by atoms with Crippen LogP contribution in [0, 0.1) is 0 Å². The van der Waals surface area contributed by atoms with Gasteiger partial charge < -0.3 is 15.7 Å². The van der Waals surface area contributed by atoms with Crippen molar-refractivity contribution in [2.75, 3.05) is 26.2 Å². The number of halogens is 1. The monoisotopic (exact) mass is 293 g/mol. The van der Waals surface area contributed by atoms with Gasteiger partial charge in [0, 0.05) is 24.0 Å². The Balaban J connectivity index is 1.82. The number of fused-ring (bicyclic) bond motifs is 1. The van der Waals surface area contributed by atoms with Gasteiger partial charge in [-0.3, -0.25) is 0 Å². The molecule has 108 valence electrons. The van der Waals surface area contributed by atoms with Gasteiger partial charge in [0.2, 0.25) is 0 Å². The number of aliphatic hydroxyl groups excluding tert-OH is 1. The lowest BCUT2D eigenvalue weighted by Crippen LogP contribution is -2.24. The Morgan fingerprint density at radius 2 is 1.90 bits per heavy atom. The highest BCUT2D eigenvalue weighted by Crippen LogP contribution is 2.20. The second-order valence-electron chi connectivity index (χ2n) is 4.63. The molecule has 0 aliphatic rings. The lowest BCUT2D eigenvalue weighted by Gasteiger charge is -2.08. The summed E-state index contributed by atoms with van der Waals surface area (Å²) in [5.41, 5.74) is 1.95. The number of para-hydroxylation sites is 1. The SMILES string of the molecule is OCCNCCCNCc1cc2ccccc2nc1Cl. The van der Waals surface area contributed by atoms with Gasteiger partial charge in [0.25, 0.3) is 0 Å². The van der Waals surface area contributed by atoms with Crippen molar-refractivity contribution < 1.29 is 5.11 Å². The van der Waals surface area contributed by atoms with Crippen molar-refractivity contribution in [3.63, 3.8) is 0 Å². The summed E-state index contributed by atoms with van der Waals surface area (Å²) in [5.74, 6) is 0. The number of aliphatic hydroxyl groups is 1. The van der Waals surface area contributed by atoms with E-state index in [2.05, 4.69) is 21.7 Å². The molecule has 0 atom stereocenters. The van der Waals surface area contributed by atoms with Gasteiger partial charge in [0.15, 0.2) is 0 Å². The maximum Gasteiger partial charge on any atom is 0.134 e. The molecular formula is C15H20ClN3O. The molecule has 0 amide bonds. The second kappa shape index (κ2) is 8.17. The molecule has 0 aliphatic heterocycles. The van der Waals surface area contributed by atoms with Crippen LogP contribution in [-0.2, 0) is 6.54 Å². The van der Waals surface area contributed by atoms with Crippen molar-refractivity contribution in [2.45, 2.75) is 13.0 Å². The van der Waals surface area contributed by atoms with Crippen molar-refractivity contribution in [3.05, 3.63) is 41.0 Å². The van der Waals surface area contributed by atoms with Gasteiger partial charge in [-0.25, -0.2) is 4.98 Å². The van der Waals surface area contributed by atoms with Crippen LogP contribution in [0.15, 0.2) is 30.3 Å². The molecule has 0 fully saturated rings. The third-order valence-electron chi connectivity index (χ3n) is 3.06. The van der Waals surface area contributed by atoms with E-state index in [9.17, 15) is 0 Å². The first-order valence-electron chi connectivity index (χ1n) is 6.87. The summed E-state index contributed by atoms with van der Waals surface area (Å²) in [6.07, 6.45) is 1.01. The molecule has 4 nitrogen and oxygen atoms in total. The van der Waals surface area contributed by atoms with Crippen molar-refractivity contribution in [2.24, 2.45) is 0 Å². The third-order valence-corrected chi connectivity index (χ3v) is 3.39. The molecule has 0 saturated carbocycles. The van der Waals surface area contributed by atoms with E-state index >= 15 is 0 Å². The lowest BCUT2D eigenvalue weighted by atomic mass is 10.1. The molecule has 1 aromatic carbocycles. The minimum atomic E-state index is 0.186. The molecule has 0 unspecified atom stereocenters. The maximum absolute atomic E-state index is 8.63. The van der Waals surface area contributed by atoms with Gasteiger partial charge in [0.1, 0.15) is 5.15 Å². The number of pyridine rings is 1. The number of aromatic nitrogens is 1. The Labute approximate surface area is 124 Å². The summed E-state index contributed by atoms with van der Waals surface area (Å²) >= 11 is 6.19. The van der Waals surface area contributed by atoms with Crippen molar-refractivity contribution >= 4 is 22.5 Å². The fraction of sp³-hybridized carbons (Fsp3) is 0.400. The summed E-state index contributed by atoms with van der Waals surface area (Å²) in [6.45, 7) is 3.36. The highest BCUT2D eigenvalue weighted by molar-refractivity contribution is 6.30. The molecule has 5 heteroatoms. The van der Waals surface area contributed by atoms with Gasteiger partial charge >= 0.3 is 0 Å². The summed E-state index contributed by atoms with van der Waals surface area (Å²) < 4.78 is 0. The highest BCUT2D eigenvalue weighted by Gasteiger charge is 2.04. The number of nitrogens with one attached hydrogen (secondary N) is 2. The number of benzene rings is 1. The number of nitrogens with zero attached hydrogens (tertiary/aromatic N) is 1. The van der Waals surface area contributed by atoms with E-state index in [1.54, 1.807) is 0 Å². The normalized spacial score (nSPS) is 11.1. The molecule has 3 N–H and O–H groups in total. The predicted molar refractivity (Wildman–Crippen MR) is 83.0 cm³/mol. The Morgan fingerprint density at radius 1 is 1.10 bits per heavy atom. The van der Waals surface area contributed by atoms with Crippen LogP contribution in [0.1, 0.15) is 12.0 Å². The number of rotatable bonds is 8. The van der Waals surface area contributed by atoms with E-state index in [0.29, 0.717) is 11.7 Å². The Hall–Kier alpha value is -1.20. The van der Waals surface area contributed by atoms with Crippen LogP contribution in [0.4, 0.5) is 0 Å². The zero-order chi connectivity index (χ0) is 14.2. The molecule has 20 heavy (non-hydrogen) atoms. The van der Waals surface area contributed by atoms with Crippen LogP contribution in [0.2, 0.25) is 5.15 Å².